The van der Waals surface area contributed by atoms with E-state index in [2.05, 4.69) is 12.1 Å². The molecule has 1 rings (SSSR count). The summed E-state index contributed by atoms with van der Waals surface area (Å²) in [6, 6.07) is 10.4. The minimum absolute atomic E-state index is 0.389. The Kier molecular flexibility index (Phi) is 3.00. The van der Waals surface area contributed by atoms with Crippen molar-refractivity contribution in [1.82, 2.24) is 0 Å². The molecule has 0 aliphatic rings. The fourth-order valence-electron chi connectivity index (χ4n) is 1.22. The van der Waals surface area contributed by atoms with Gasteiger partial charge < -0.3 is 0 Å². The molecule has 1 aromatic rings. The van der Waals surface area contributed by atoms with Gasteiger partial charge in [0.1, 0.15) is 0 Å². The second-order valence-electron chi connectivity index (χ2n) is 3.44. The fourth-order valence-corrected chi connectivity index (χ4v) is 1.98. The van der Waals surface area contributed by atoms with Crippen LogP contribution in [0.2, 0.25) is 0 Å². The lowest BCUT2D eigenvalue weighted by atomic mass is 9.86. The zero-order valence-electron chi connectivity index (χ0n) is 8.16. The van der Waals surface area contributed by atoms with Crippen LogP contribution in [0.4, 0.5) is 0 Å². The summed E-state index contributed by atoms with van der Waals surface area (Å²) in [5, 5.41) is 9.01. The number of nitrogens with zero attached hydrogens (tertiary/aromatic N) is 1. The van der Waals surface area contributed by atoms with Crippen LogP contribution in [0, 0.1) is 11.3 Å². The van der Waals surface area contributed by atoms with Gasteiger partial charge in [-0.1, -0.05) is 18.2 Å². The van der Waals surface area contributed by atoms with E-state index in [1.807, 2.05) is 38.3 Å². The van der Waals surface area contributed by atoms with Gasteiger partial charge in [-0.05, 0) is 31.7 Å². The smallest absolute Gasteiger partial charge is 0.0777 e. The summed E-state index contributed by atoms with van der Waals surface area (Å²) in [4.78, 5) is 1.19. The van der Waals surface area contributed by atoms with Crippen LogP contribution in [-0.4, -0.2) is 6.26 Å². The van der Waals surface area contributed by atoms with Crippen LogP contribution in [-0.2, 0) is 5.41 Å². The molecular weight excluding hydrogens is 178 g/mol. The zero-order valence-corrected chi connectivity index (χ0v) is 8.98. The van der Waals surface area contributed by atoms with Crippen molar-refractivity contribution in [3.8, 4) is 6.07 Å². The molecule has 1 nitrogen and oxygen atoms in total. The van der Waals surface area contributed by atoms with Crippen molar-refractivity contribution in [3.63, 3.8) is 0 Å². The maximum Gasteiger partial charge on any atom is 0.0777 e. The van der Waals surface area contributed by atoms with E-state index in [1.165, 1.54) is 4.90 Å². The number of nitriles is 1. The number of rotatable bonds is 2. The highest BCUT2D eigenvalue weighted by molar-refractivity contribution is 7.98. The number of benzene rings is 1. The Morgan fingerprint density at radius 1 is 1.31 bits per heavy atom. The molecule has 0 saturated heterocycles. The highest BCUT2D eigenvalue weighted by Gasteiger charge is 2.22. The molecular formula is C11H13NS. The second kappa shape index (κ2) is 3.85. The Labute approximate surface area is 83.8 Å². The molecule has 0 aromatic heterocycles. The lowest BCUT2D eigenvalue weighted by Gasteiger charge is -2.18. The standard InChI is InChI=1S/C11H13NS/c1-11(2,8-12)9-6-4-5-7-10(9)13-3/h4-7H,1-3H3. The van der Waals surface area contributed by atoms with Crippen LogP contribution >= 0.6 is 11.8 Å². The quantitative estimate of drug-likeness (QED) is 0.670. The lowest BCUT2D eigenvalue weighted by molar-refractivity contribution is 0.671. The van der Waals surface area contributed by atoms with Gasteiger partial charge in [-0.3, -0.25) is 0 Å². The van der Waals surface area contributed by atoms with Gasteiger partial charge in [-0.25, -0.2) is 0 Å². The predicted molar refractivity (Wildman–Crippen MR) is 56.9 cm³/mol. The minimum Gasteiger partial charge on any atom is -0.197 e. The van der Waals surface area contributed by atoms with Crippen LogP contribution < -0.4 is 0 Å². The zero-order chi connectivity index (χ0) is 9.90. The van der Waals surface area contributed by atoms with Gasteiger partial charge in [0, 0.05) is 4.90 Å². The summed E-state index contributed by atoms with van der Waals surface area (Å²) in [5.74, 6) is 0. The van der Waals surface area contributed by atoms with Crippen LogP contribution in [0.15, 0.2) is 29.2 Å². The average molecular weight is 191 g/mol. The normalized spacial score (nSPS) is 10.9. The Balaban J connectivity index is 3.22. The molecule has 0 fully saturated rings. The number of hydrogen-bond donors (Lipinski definition) is 0. The monoisotopic (exact) mass is 191 g/mol. The Morgan fingerprint density at radius 2 is 1.92 bits per heavy atom. The molecule has 0 atom stereocenters. The van der Waals surface area contributed by atoms with Crippen LogP contribution in [0.5, 0.6) is 0 Å². The maximum atomic E-state index is 9.01. The molecule has 0 unspecified atom stereocenters. The molecule has 0 N–H and O–H groups in total. The van der Waals surface area contributed by atoms with E-state index in [-0.39, 0.29) is 5.41 Å². The first-order valence-electron chi connectivity index (χ1n) is 4.16. The Bertz CT molecular complexity index is 336. The van der Waals surface area contributed by atoms with Crippen LogP contribution in [0.3, 0.4) is 0 Å². The van der Waals surface area contributed by atoms with Gasteiger partial charge in [-0.15, -0.1) is 11.8 Å². The predicted octanol–water partition coefficient (Wildman–Crippen LogP) is 3.21. The van der Waals surface area contributed by atoms with Crippen molar-refractivity contribution in [1.29, 1.82) is 5.26 Å². The highest BCUT2D eigenvalue weighted by atomic mass is 32.2. The largest absolute Gasteiger partial charge is 0.197 e. The van der Waals surface area contributed by atoms with E-state index in [0.717, 1.165) is 5.56 Å². The van der Waals surface area contributed by atoms with Crippen molar-refractivity contribution in [2.45, 2.75) is 24.2 Å². The average Bonchev–Trinajstić information content (AvgIpc) is 2.18. The van der Waals surface area contributed by atoms with Gasteiger partial charge >= 0.3 is 0 Å². The first kappa shape index (κ1) is 10.1. The lowest BCUT2D eigenvalue weighted by Crippen LogP contribution is -2.14. The first-order chi connectivity index (χ1) is 6.11. The molecule has 0 aliphatic heterocycles. The van der Waals surface area contributed by atoms with E-state index < -0.39 is 0 Å². The van der Waals surface area contributed by atoms with E-state index in [4.69, 9.17) is 5.26 Å². The number of thioether (sulfide) groups is 1. The number of hydrogen-bond acceptors (Lipinski definition) is 2. The molecule has 2 heteroatoms. The summed E-state index contributed by atoms with van der Waals surface area (Å²) in [6.07, 6.45) is 2.03. The van der Waals surface area contributed by atoms with Crippen molar-refractivity contribution in [2.75, 3.05) is 6.26 Å². The molecule has 1 aromatic carbocycles. The van der Waals surface area contributed by atoms with E-state index in [9.17, 15) is 0 Å². The van der Waals surface area contributed by atoms with Gasteiger partial charge in [0.05, 0.1) is 11.5 Å². The molecule has 0 bridgehead atoms. The molecule has 0 spiro atoms. The van der Waals surface area contributed by atoms with Crippen molar-refractivity contribution < 1.29 is 0 Å². The van der Waals surface area contributed by atoms with Crippen molar-refractivity contribution in [3.05, 3.63) is 29.8 Å². The molecule has 0 amide bonds. The molecule has 0 radical (unpaired) electrons. The highest BCUT2D eigenvalue weighted by Crippen LogP contribution is 2.30. The first-order valence-corrected chi connectivity index (χ1v) is 5.39. The second-order valence-corrected chi connectivity index (χ2v) is 4.29. The summed E-state index contributed by atoms with van der Waals surface area (Å²) < 4.78 is 0. The molecule has 68 valence electrons. The topological polar surface area (TPSA) is 23.8 Å². The van der Waals surface area contributed by atoms with Gasteiger partial charge in [0.15, 0.2) is 0 Å². The fraction of sp³-hybridized carbons (Fsp3) is 0.364. The van der Waals surface area contributed by atoms with Crippen molar-refractivity contribution in [2.24, 2.45) is 0 Å². The molecule has 0 heterocycles. The molecule has 13 heavy (non-hydrogen) atoms. The third-order valence-corrected chi connectivity index (χ3v) is 2.86. The van der Waals surface area contributed by atoms with Crippen LogP contribution in [0.25, 0.3) is 0 Å². The van der Waals surface area contributed by atoms with Gasteiger partial charge in [0.2, 0.25) is 0 Å². The van der Waals surface area contributed by atoms with Gasteiger partial charge in [0.25, 0.3) is 0 Å². The van der Waals surface area contributed by atoms with E-state index >= 15 is 0 Å². The molecule has 0 saturated carbocycles. The summed E-state index contributed by atoms with van der Waals surface area (Å²) in [5.41, 5.74) is 0.726. The van der Waals surface area contributed by atoms with Gasteiger partial charge in [-0.2, -0.15) is 5.26 Å². The Hall–Kier alpha value is -0.940. The molecule has 0 aliphatic carbocycles. The SMILES string of the molecule is CSc1ccccc1C(C)(C)C#N. The van der Waals surface area contributed by atoms with E-state index in [0.29, 0.717) is 0 Å². The van der Waals surface area contributed by atoms with E-state index in [1.54, 1.807) is 11.8 Å². The summed E-state index contributed by atoms with van der Waals surface area (Å²) >= 11 is 1.69. The third-order valence-electron chi connectivity index (χ3n) is 2.06. The third kappa shape index (κ3) is 2.05. The maximum absolute atomic E-state index is 9.01. The summed E-state index contributed by atoms with van der Waals surface area (Å²) in [7, 11) is 0. The van der Waals surface area contributed by atoms with Crippen LogP contribution in [0.1, 0.15) is 19.4 Å². The Morgan fingerprint density at radius 3 is 2.46 bits per heavy atom. The minimum atomic E-state index is -0.389. The van der Waals surface area contributed by atoms with Crippen molar-refractivity contribution >= 4 is 11.8 Å². The summed E-state index contributed by atoms with van der Waals surface area (Å²) in [6.45, 7) is 3.89.